The van der Waals surface area contributed by atoms with Crippen molar-refractivity contribution in [2.75, 3.05) is 6.54 Å². The van der Waals surface area contributed by atoms with Crippen molar-refractivity contribution >= 4 is 27.8 Å². The summed E-state index contributed by atoms with van der Waals surface area (Å²) in [5.41, 5.74) is 0. The van der Waals surface area contributed by atoms with Gasteiger partial charge in [0.25, 0.3) is 0 Å². The molecule has 0 radical (unpaired) electrons. The smallest absolute Gasteiger partial charge is 0.308 e. The van der Waals surface area contributed by atoms with E-state index in [1.165, 1.54) is 4.90 Å². The lowest BCUT2D eigenvalue weighted by Gasteiger charge is -2.13. The number of carboxylic acid groups (broad SMARTS) is 1. The molecule has 1 aromatic rings. The summed E-state index contributed by atoms with van der Waals surface area (Å²) < 4.78 is 5.87. The maximum absolute atomic E-state index is 11.5. The molecule has 1 N–H and O–H groups in total. The topological polar surface area (TPSA) is 70.8 Å². The van der Waals surface area contributed by atoms with Crippen LogP contribution in [0.2, 0.25) is 0 Å². The lowest BCUT2D eigenvalue weighted by atomic mass is 10.1. The highest BCUT2D eigenvalue weighted by atomic mass is 79.9. The molecule has 0 saturated carbocycles. The number of nitrogens with zero attached hydrogens (tertiary/aromatic N) is 1. The number of carbonyl (C=O) groups excluding carboxylic acids is 1. The molecule has 1 aliphatic heterocycles. The molecular formula is C10H10BrNO4. The first-order chi connectivity index (χ1) is 7.56. The lowest BCUT2D eigenvalue weighted by molar-refractivity contribution is -0.141. The first-order valence-electron chi connectivity index (χ1n) is 4.81. The van der Waals surface area contributed by atoms with Crippen molar-refractivity contribution in [1.82, 2.24) is 4.90 Å². The van der Waals surface area contributed by atoms with E-state index in [0.29, 0.717) is 17.0 Å². The highest BCUT2D eigenvalue weighted by molar-refractivity contribution is 9.10. The van der Waals surface area contributed by atoms with Gasteiger partial charge in [-0.2, -0.15) is 0 Å². The molecule has 5 nitrogen and oxygen atoms in total. The van der Waals surface area contributed by atoms with Crippen molar-refractivity contribution in [3.8, 4) is 0 Å². The van der Waals surface area contributed by atoms with E-state index in [1.807, 2.05) is 0 Å². The number of aliphatic carboxylic acids is 1. The van der Waals surface area contributed by atoms with Gasteiger partial charge in [0.15, 0.2) is 4.67 Å². The van der Waals surface area contributed by atoms with Crippen LogP contribution in [0.3, 0.4) is 0 Å². The summed E-state index contributed by atoms with van der Waals surface area (Å²) in [6, 6.07) is 3.50. The third-order valence-electron chi connectivity index (χ3n) is 2.54. The number of halogens is 1. The Bertz CT molecular complexity index is 428. The van der Waals surface area contributed by atoms with Crippen molar-refractivity contribution in [3.63, 3.8) is 0 Å². The molecule has 86 valence electrons. The van der Waals surface area contributed by atoms with E-state index in [9.17, 15) is 9.59 Å². The molecule has 2 rings (SSSR count). The Morgan fingerprint density at radius 3 is 2.88 bits per heavy atom. The van der Waals surface area contributed by atoms with E-state index in [2.05, 4.69) is 15.9 Å². The fourth-order valence-electron chi connectivity index (χ4n) is 1.72. The molecule has 0 aromatic carbocycles. The number of hydrogen-bond acceptors (Lipinski definition) is 3. The van der Waals surface area contributed by atoms with E-state index >= 15 is 0 Å². The van der Waals surface area contributed by atoms with Gasteiger partial charge in [-0.1, -0.05) is 0 Å². The molecule has 0 bridgehead atoms. The van der Waals surface area contributed by atoms with Gasteiger partial charge in [0.05, 0.1) is 12.5 Å². The molecule has 0 aliphatic carbocycles. The average Bonchev–Trinajstić information content (AvgIpc) is 2.75. The van der Waals surface area contributed by atoms with Crippen LogP contribution in [0.5, 0.6) is 0 Å². The molecule has 1 amide bonds. The number of hydrogen-bond donors (Lipinski definition) is 1. The van der Waals surface area contributed by atoms with Gasteiger partial charge in [0.2, 0.25) is 5.91 Å². The van der Waals surface area contributed by atoms with Gasteiger partial charge in [-0.3, -0.25) is 9.59 Å². The third-order valence-corrected chi connectivity index (χ3v) is 2.97. The van der Waals surface area contributed by atoms with E-state index in [-0.39, 0.29) is 18.9 Å². The summed E-state index contributed by atoms with van der Waals surface area (Å²) in [7, 11) is 0. The van der Waals surface area contributed by atoms with Crippen LogP contribution in [0.4, 0.5) is 0 Å². The quantitative estimate of drug-likeness (QED) is 0.914. The average molecular weight is 288 g/mol. The molecule has 1 aromatic heterocycles. The zero-order chi connectivity index (χ0) is 11.7. The molecule has 16 heavy (non-hydrogen) atoms. The number of furan rings is 1. The Balaban J connectivity index is 2.01. The number of likely N-dealkylation sites (tertiary alicyclic amines) is 1. The molecule has 0 spiro atoms. The van der Waals surface area contributed by atoms with Gasteiger partial charge >= 0.3 is 5.97 Å². The minimum Gasteiger partial charge on any atom is -0.481 e. The van der Waals surface area contributed by atoms with Crippen LogP contribution in [0, 0.1) is 5.92 Å². The Labute approximate surface area is 100 Å². The predicted octanol–water partition coefficient (Wildman–Crippen LogP) is 1.48. The van der Waals surface area contributed by atoms with Crippen LogP contribution in [0.25, 0.3) is 0 Å². The summed E-state index contributed by atoms with van der Waals surface area (Å²) in [5.74, 6) is -1.01. The molecule has 1 aliphatic rings. The summed E-state index contributed by atoms with van der Waals surface area (Å²) in [4.78, 5) is 23.8. The molecule has 1 unspecified atom stereocenters. The van der Waals surface area contributed by atoms with Gasteiger partial charge in [-0.05, 0) is 28.1 Å². The number of amides is 1. The van der Waals surface area contributed by atoms with Crippen molar-refractivity contribution in [2.45, 2.75) is 13.0 Å². The van der Waals surface area contributed by atoms with E-state index in [1.54, 1.807) is 12.1 Å². The van der Waals surface area contributed by atoms with Crippen LogP contribution in [-0.2, 0) is 16.1 Å². The summed E-state index contributed by atoms with van der Waals surface area (Å²) in [6.07, 6.45) is 0.0806. The predicted molar refractivity (Wildman–Crippen MR) is 57.6 cm³/mol. The maximum atomic E-state index is 11.5. The lowest BCUT2D eigenvalue weighted by Crippen LogP contribution is -2.25. The number of carboxylic acids is 1. The zero-order valence-electron chi connectivity index (χ0n) is 8.35. The van der Waals surface area contributed by atoms with Crippen LogP contribution < -0.4 is 0 Å². The van der Waals surface area contributed by atoms with E-state index < -0.39 is 11.9 Å². The largest absolute Gasteiger partial charge is 0.481 e. The Morgan fingerprint density at radius 1 is 1.62 bits per heavy atom. The molecule has 6 heteroatoms. The first-order valence-corrected chi connectivity index (χ1v) is 5.60. The molecule has 1 saturated heterocycles. The van der Waals surface area contributed by atoms with Crippen molar-refractivity contribution in [3.05, 3.63) is 22.6 Å². The van der Waals surface area contributed by atoms with Crippen molar-refractivity contribution in [2.24, 2.45) is 5.92 Å². The molecular weight excluding hydrogens is 278 g/mol. The van der Waals surface area contributed by atoms with Gasteiger partial charge in [0, 0.05) is 13.0 Å². The molecule has 1 atom stereocenters. The standard InChI is InChI=1S/C10H10BrNO4/c11-8-2-1-7(16-8)5-12-4-6(10(14)15)3-9(12)13/h1-2,6H,3-5H2,(H,14,15). The fraction of sp³-hybridized carbons (Fsp3) is 0.400. The minimum atomic E-state index is -0.920. The normalized spacial score (nSPS) is 20.4. The fourth-order valence-corrected chi connectivity index (χ4v) is 2.06. The SMILES string of the molecule is O=C(O)C1CC(=O)N(Cc2ccc(Br)o2)C1. The van der Waals surface area contributed by atoms with Crippen LogP contribution in [0.15, 0.2) is 21.2 Å². The maximum Gasteiger partial charge on any atom is 0.308 e. The minimum absolute atomic E-state index is 0.0806. The Hall–Kier alpha value is -1.30. The van der Waals surface area contributed by atoms with Gasteiger partial charge < -0.3 is 14.4 Å². The summed E-state index contributed by atoms with van der Waals surface area (Å²) in [5, 5.41) is 8.81. The second-order valence-corrected chi connectivity index (χ2v) is 4.50. The molecule has 2 heterocycles. The highest BCUT2D eigenvalue weighted by Crippen LogP contribution is 2.22. The first kappa shape index (κ1) is 11.2. The summed E-state index contributed by atoms with van der Waals surface area (Å²) >= 11 is 3.17. The van der Waals surface area contributed by atoms with Gasteiger partial charge in [0.1, 0.15) is 5.76 Å². The third kappa shape index (κ3) is 2.27. The Kier molecular flexibility index (Phi) is 3.00. The van der Waals surface area contributed by atoms with E-state index in [0.717, 1.165) is 0 Å². The molecule has 1 fully saturated rings. The van der Waals surface area contributed by atoms with E-state index in [4.69, 9.17) is 9.52 Å². The van der Waals surface area contributed by atoms with Crippen molar-refractivity contribution < 1.29 is 19.1 Å². The van der Waals surface area contributed by atoms with Gasteiger partial charge in [-0.25, -0.2) is 0 Å². The monoisotopic (exact) mass is 287 g/mol. The summed E-state index contributed by atoms with van der Waals surface area (Å²) in [6.45, 7) is 0.584. The Morgan fingerprint density at radius 2 is 2.38 bits per heavy atom. The zero-order valence-corrected chi connectivity index (χ0v) is 9.94. The van der Waals surface area contributed by atoms with Crippen LogP contribution >= 0.6 is 15.9 Å². The van der Waals surface area contributed by atoms with Crippen LogP contribution in [0.1, 0.15) is 12.2 Å². The highest BCUT2D eigenvalue weighted by Gasteiger charge is 2.34. The van der Waals surface area contributed by atoms with Crippen molar-refractivity contribution in [1.29, 1.82) is 0 Å². The van der Waals surface area contributed by atoms with Gasteiger partial charge in [-0.15, -0.1) is 0 Å². The second kappa shape index (κ2) is 4.29. The number of carbonyl (C=O) groups is 2. The number of rotatable bonds is 3. The van der Waals surface area contributed by atoms with Crippen LogP contribution in [-0.4, -0.2) is 28.4 Å². The second-order valence-electron chi connectivity index (χ2n) is 3.72.